The van der Waals surface area contributed by atoms with Crippen LogP contribution in [0, 0.1) is 11.7 Å². The van der Waals surface area contributed by atoms with Crippen LogP contribution in [0.5, 0.6) is 0 Å². The molecule has 0 bridgehead atoms. The Hall–Kier alpha value is -2.80. The van der Waals surface area contributed by atoms with E-state index in [1.54, 1.807) is 35.0 Å². The topological polar surface area (TPSA) is 72.4 Å². The average molecular weight is 342 g/mol. The molecule has 1 aromatic carbocycles. The van der Waals surface area contributed by atoms with Crippen molar-refractivity contribution in [2.45, 2.75) is 19.1 Å². The maximum Gasteiger partial charge on any atom is 0.231 e. The van der Waals surface area contributed by atoms with E-state index in [4.69, 9.17) is 5.73 Å². The first kappa shape index (κ1) is 15.7. The molecule has 1 aliphatic carbocycles. The number of pyridine rings is 1. The summed E-state index contributed by atoms with van der Waals surface area (Å²) < 4.78 is 28.6. The van der Waals surface area contributed by atoms with E-state index in [1.807, 2.05) is 6.07 Å². The third kappa shape index (κ3) is 2.87. The Bertz CT molecular complexity index is 969. The normalized spacial score (nSPS) is 19.2. The summed E-state index contributed by atoms with van der Waals surface area (Å²) in [5, 5.41) is 2.62. The smallest absolute Gasteiger partial charge is 0.231 e. The highest BCUT2D eigenvalue weighted by Crippen LogP contribution is 2.34. The number of alkyl halides is 1. The summed E-state index contributed by atoms with van der Waals surface area (Å²) in [7, 11) is 0. The van der Waals surface area contributed by atoms with Crippen molar-refractivity contribution in [1.82, 2.24) is 9.38 Å². The molecule has 0 spiro atoms. The average Bonchev–Trinajstić information content (AvgIpc) is 3.19. The van der Waals surface area contributed by atoms with Crippen LogP contribution >= 0.6 is 0 Å². The number of imidazole rings is 1. The predicted octanol–water partition coefficient (Wildman–Crippen LogP) is 2.90. The first-order valence-corrected chi connectivity index (χ1v) is 7.98. The molecule has 1 amide bonds. The summed E-state index contributed by atoms with van der Waals surface area (Å²) in [6.07, 6.45) is 2.66. The van der Waals surface area contributed by atoms with Crippen LogP contribution in [-0.2, 0) is 11.3 Å². The maximum absolute atomic E-state index is 13.9. The lowest BCUT2D eigenvalue weighted by Gasteiger charge is -2.09. The highest BCUT2D eigenvalue weighted by molar-refractivity contribution is 5.94. The molecule has 3 aromatic rings. The van der Waals surface area contributed by atoms with Gasteiger partial charge in [0.2, 0.25) is 5.91 Å². The van der Waals surface area contributed by atoms with Gasteiger partial charge in [-0.25, -0.2) is 13.8 Å². The second kappa shape index (κ2) is 5.93. The Morgan fingerprint density at radius 2 is 2.12 bits per heavy atom. The monoisotopic (exact) mass is 342 g/mol. The first-order chi connectivity index (χ1) is 12.1. The van der Waals surface area contributed by atoms with Crippen LogP contribution in [0.2, 0.25) is 0 Å². The number of hydrogen-bond donors (Lipinski definition) is 2. The van der Waals surface area contributed by atoms with Gasteiger partial charge >= 0.3 is 0 Å². The fourth-order valence-corrected chi connectivity index (χ4v) is 2.90. The fraction of sp³-hybridized carbons (Fsp3) is 0.222. The van der Waals surface area contributed by atoms with Gasteiger partial charge < -0.3 is 15.5 Å². The van der Waals surface area contributed by atoms with Crippen LogP contribution in [0.25, 0.3) is 16.8 Å². The Kier molecular flexibility index (Phi) is 3.73. The lowest BCUT2D eigenvalue weighted by molar-refractivity contribution is -0.117. The molecule has 2 heterocycles. The van der Waals surface area contributed by atoms with Crippen molar-refractivity contribution in [2.75, 3.05) is 5.32 Å². The van der Waals surface area contributed by atoms with Crippen molar-refractivity contribution >= 4 is 17.4 Å². The standard InChI is InChI=1S/C18H16F2N4O/c19-14-3-1-2-11(13(14)7-21)10-4-5-17-22-16(9-24(17)8-10)23-18(25)12-6-15(12)20/h1-5,8-9,12,15H,6-7,21H2,(H,23,25). The molecule has 1 saturated carbocycles. The molecule has 0 aliphatic heterocycles. The number of halogens is 2. The van der Waals surface area contributed by atoms with Gasteiger partial charge in [-0.3, -0.25) is 4.79 Å². The number of nitrogens with one attached hydrogen (secondary N) is 1. The van der Waals surface area contributed by atoms with Gasteiger partial charge in [0.1, 0.15) is 17.6 Å². The van der Waals surface area contributed by atoms with E-state index >= 15 is 0 Å². The van der Waals surface area contributed by atoms with Crippen molar-refractivity contribution in [2.24, 2.45) is 11.7 Å². The zero-order chi connectivity index (χ0) is 17.6. The van der Waals surface area contributed by atoms with E-state index in [1.165, 1.54) is 6.07 Å². The second-order valence-corrected chi connectivity index (χ2v) is 6.13. The second-order valence-electron chi connectivity index (χ2n) is 6.13. The molecule has 4 rings (SSSR count). The van der Waals surface area contributed by atoms with Gasteiger partial charge in [-0.05, 0) is 35.7 Å². The van der Waals surface area contributed by atoms with Gasteiger partial charge in [-0.2, -0.15) is 0 Å². The summed E-state index contributed by atoms with van der Waals surface area (Å²) >= 11 is 0. The number of carbonyl (C=O) groups is 1. The maximum atomic E-state index is 13.9. The number of rotatable bonds is 4. The van der Waals surface area contributed by atoms with Crippen LogP contribution in [0.3, 0.4) is 0 Å². The molecule has 0 saturated heterocycles. The van der Waals surface area contributed by atoms with Gasteiger partial charge in [-0.1, -0.05) is 12.1 Å². The summed E-state index contributed by atoms with van der Waals surface area (Å²) in [4.78, 5) is 16.1. The first-order valence-electron chi connectivity index (χ1n) is 7.98. The molecule has 2 aromatic heterocycles. The van der Waals surface area contributed by atoms with Gasteiger partial charge in [0.05, 0.1) is 12.1 Å². The Morgan fingerprint density at radius 1 is 1.32 bits per heavy atom. The Labute approximate surface area is 142 Å². The molecule has 25 heavy (non-hydrogen) atoms. The number of nitrogens with two attached hydrogens (primary N) is 1. The summed E-state index contributed by atoms with van der Waals surface area (Å²) in [5.41, 5.74) is 8.23. The predicted molar refractivity (Wildman–Crippen MR) is 90.1 cm³/mol. The fourth-order valence-electron chi connectivity index (χ4n) is 2.90. The molecule has 2 unspecified atom stereocenters. The van der Waals surface area contributed by atoms with E-state index in [-0.39, 0.29) is 24.7 Å². The number of nitrogens with zero attached hydrogens (tertiary/aromatic N) is 2. The molecule has 0 radical (unpaired) electrons. The minimum absolute atomic E-state index is 0.0943. The number of amides is 1. The number of anilines is 1. The zero-order valence-corrected chi connectivity index (χ0v) is 13.2. The van der Waals surface area contributed by atoms with E-state index < -0.39 is 12.1 Å². The molecule has 5 nitrogen and oxygen atoms in total. The molecule has 128 valence electrons. The minimum Gasteiger partial charge on any atom is -0.326 e. The molecule has 1 aliphatic rings. The van der Waals surface area contributed by atoms with Gasteiger partial charge in [0, 0.05) is 18.3 Å². The number of hydrogen-bond acceptors (Lipinski definition) is 3. The largest absolute Gasteiger partial charge is 0.326 e. The number of carbonyl (C=O) groups excluding carboxylic acids is 1. The molecule has 3 N–H and O–H groups in total. The van der Waals surface area contributed by atoms with E-state index in [9.17, 15) is 13.6 Å². The van der Waals surface area contributed by atoms with Crippen molar-refractivity contribution in [1.29, 1.82) is 0 Å². The summed E-state index contributed by atoms with van der Waals surface area (Å²) in [5.74, 6) is -0.908. The third-order valence-electron chi connectivity index (χ3n) is 4.39. The van der Waals surface area contributed by atoms with Gasteiger partial charge in [0.15, 0.2) is 5.82 Å². The number of aromatic nitrogens is 2. The zero-order valence-electron chi connectivity index (χ0n) is 13.2. The van der Waals surface area contributed by atoms with Crippen molar-refractivity contribution < 1.29 is 13.6 Å². The molecular weight excluding hydrogens is 326 g/mol. The van der Waals surface area contributed by atoms with Crippen LogP contribution < -0.4 is 11.1 Å². The number of fused-ring (bicyclic) bond motifs is 1. The Morgan fingerprint density at radius 3 is 2.84 bits per heavy atom. The summed E-state index contributed by atoms with van der Waals surface area (Å²) in [6.45, 7) is 0.0943. The van der Waals surface area contributed by atoms with Crippen LogP contribution in [0.15, 0.2) is 42.7 Å². The number of benzene rings is 1. The highest BCUT2D eigenvalue weighted by atomic mass is 19.1. The molecule has 1 fully saturated rings. The van der Waals surface area contributed by atoms with Crippen molar-refractivity contribution in [3.05, 3.63) is 54.1 Å². The van der Waals surface area contributed by atoms with Crippen LogP contribution in [-0.4, -0.2) is 21.5 Å². The van der Waals surface area contributed by atoms with Crippen LogP contribution in [0.1, 0.15) is 12.0 Å². The third-order valence-corrected chi connectivity index (χ3v) is 4.39. The quantitative estimate of drug-likeness (QED) is 0.766. The Balaban J connectivity index is 1.67. The van der Waals surface area contributed by atoms with Crippen LogP contribution in [0.4, 0.5) is 14.6 Å². The highest BCUT2D eigenvalue weighted by Gasteiger charge is 2.43. The van der Waals surface area contributed by atoms with E-state index in [0.29, 0.717) is 22.6 Å². The lowest BCUT2D eigenvalue weighted by Crippen LogP contribution is -2.15. The van der Waals surface area contributed by atoms with E-state index in [2.05, 4.69) is 10.3 Å². The molecule has 2 atom stereocenters. The van der Waals surface area contributed by atoms with Gasteiger partial charge in [0.25, 0.3) is 0 Å². The van der Waals surface area contributed by atoms with Crippen molar-refractivity contribution in [3.63, 3.8) is 0 Å². The van der Waals surface area contributed by atoms with E-state index in [0.717, 1.165) is 5.56 Å². The molecular formula is C18H16F2N4O. The van der Waals surface area contributed by atoms with Gasteiger partial charge in [-0.15, -0.1) is 0 Å². The minimum atomic E-state index is -1.05. The van der Waals surface area contributed by atoms with Crippen molar-refractivity contribution in [3.8, 4) is 11.1 Å². The summed E-state index contributed by atoms with van der Waals surface area (Å²) in [6, 6.07) is 8.41. The lowest BCUT2D eigenvalue weighted by atomic mass is 10.0. The SMILES string of the molecule is NCc1c(F)cccc1-c1ccc2nc(NC(=O)C3CC3F)cn2c1. The molecule has 7 heteroatoms.